The number of rotatable bonds is 3. The molecule has 0 aromatic heterocycles. The highest BCUT2D eigenvalue weighted by atomic mass is 14.1. The summed E-state index contributed by atoms with van der Waals surface area (Å²) < 4.78 is 0. The second-order valence-corrected chi connectivity index (χ2v) is 4.07. The first-order chi connectivity index (χ1) is 7.61. The van der Waals surface area contributed by atoms with Crippen LogP contribution in [0.15, 0.2) is 48.6 Å². The van der Waals surface area contributed by atoms with Crippen molar-refractivity contribution < 1.29 is 0 Å². The van der Waals surface area contributed by atoms with E-state index in [0.717, 1.165) is 0 Å². The van der Waals surface area contributed by atoms with Crippen LogP contribution in [0.4, 0.5) is 0 Å². The summed E-state index contributed by atoms with van der Waals surface area (Å²) in [6.07, 6.45) is 6.15. The predicted molar refractivity (Wildman–Crippen MR) is 73.5 cm³/mol. The minimum absolute atomic E-state index is 1.22. The lowest BCUT2D eigenvalue weighted by Gasteiger charge is -2.13. The Hall–Kier alpha value is -1.56. The van der Waals surface area contributed by atoms with Gasteiger partial charge in [0.1, 0.15) is 0 Å². The number of hydrogen-bond acceptors (Lipinski definition) is 0. The van der Waals surface area contributed by atoms with E-state index in [-0.39, 0.29) is 0 Å². The van der Waals surface area contributed by atoms with E-state index in [9.17, 15) is 0 Å². The van der Waals surface area contributed by atoms with E-state index in [1.54, 1.807) is 0 Å². The molecule has 0 fully saturated rings. The molecule has 0 bridgehead atoms. The van der Waals surface area contributed by atoms with Crippen molar-refractivity contribution in [2.75, 3.05) is 0 Å². The molecule has 0 nitrogen and oxygen atoms in total. The van der Waals surface area contributed by atoms with Gasteiger partial charge in [-0.25, -0.2) is 0 Å². The molecule has 0 amide bonds. The van der Waals surface area contributed by atoms with Crippen LogP contribution in [0.25, 0.3) is 5.57 Å². The van der Waals surface area contributed by atoms with Crippen molar-refractivity contribution in [1.29, 1.82) is 0 Å². The molecule has 1 aromatic rings. The summed E-state index contributed by atoms with van der Waals surface area (Å²) in [4.78, 5) is 0. The Labute approximate surface area is 99.0 Å². The van der Waals surface area contributed by atoms with Crippen molar-refractivity contribution in [3.8, 4) is 0 Å². The molecule has 84 valence electrons. The van der Waals surface area contributed by atoms with E-state index in [2.05, 4.69) is 57.7 Å². The van der Waals surface area contributed by atoms with Gasteiger partial charge in [-0.05, 0) is 55.5 Å². The normalized spacial score (nSPS) is 12.8. The molecule has 0 atom stereocenters. The highest BCUT2D eigenvalue weighted by Crippen LogP contribution is 2.27. The van der Waals surface area contributed by atoms with Gasteiger partial charge in [-0.2, -0.15) is 0 Å². The summed E-state index contributed by atoms with van der Waals surface area (Å²) in [5.74, 6) is 0. The Morgan fingerprint density at radius 3 is 2.19 bits per heavy atom. The van der Waals surface area contributed by atoms with Gasteiger partial charge in [0.05, 0.1) is 0 Å². The fourth-order valence-electron chi connectivity index (χ4n) is 1.93. The summed E-state index contributed by atoms with van der Waals surface area (Å²) in [6, 6.07) is 6.41. The van der Waals surface area contributed by atoms with Gasteiger partial charge in [0, 0.05) is 0 Å². The molecule has 0 saturated carbocycles. The fourth-order valence-corrected chi connectivity index (χ4v) is 1.93. The summed E-state index contributed by atoms with van der Waals surface area (Å²) in [5, 5.41) is 0. The summed E-state index contributed by atoms with van der Waals surface area (Å²) >= 11 is 0. The van der Waals surface area contributed by atoms with Crippen LogP contribution in [0.3, 0.4) is 0 Å². The van der Waals surface area contributed by atoms with E-state index in [0.29, 0.717) is 0 Å². The Morgan fingerprint density at radius 2 is 1.75 bits per heavy atom. The molecule has 0 saturated heterocycles. The summed E-state index contributed by atoms with van der Waals surface area (Å²) in [6.45, 7) is 12.3. The Bertz CT molecular complexity index is 425. The number of aryl methyl sites for hydroxylation is 2. The SMILES string of the molecule is C=C/C(C)=C(\C=C/C)c1c(C)cccc1C. The average Bonchev–Trinajstić information content (AvgIpc) is 2.26. The second kappa shape index (κ2) is 5.50. The van der Waals surface area contributed by atoms with Crippen LogP contribution < -0.4 is 0 Å². The van der Waals surface area contributed by atoms with Gasteiger partial charge in [0.2, 0.25) is 0 Å². The molecular formula is C16H20. The van der Waals surface area contributed by atoms with Crippen LogP contribution in [0.5, 0.6) is 0 Å². The van der Waals surface area contributed by atoms with Crippen LogP contribution in [0.2, 0.25) is 0 Å². The van der Waals surface area contributed by atoms with Crippen LogP contribution in [-0.2, 0) is 0 Å². The zero-order valence-electron chi connectivity index (χ0n) is 10.7. The maximum absolute atomic E-state index is 3.86. The molecule has 0 radical (unpaired) electrons. The van der Waals surface area contributed by atoms with Crippen LogP contribution in [0, 0.1) is 13.8 Å². The summed E-state index contributed by atoms with van der Waals surface area (Å²) in [7, 11) is 0. The molecule has 0 unspecified atom stereocenters. The molecule has 0 heteroatoms. The van der Waals surface area contributed by atoms with Gasteiger partial charge in [0.25, 0.3) is 0 Å². The molecule has 1 aromatic carbocycles. The van der Waals surface area contributed by atoms with E-state index < -0.39 is 0 Å². The third-order valence-corrected chi connectivity index (χ3v) is 2.81. The fraction of sp³-hybridized carbons (Fsp3) is 0.250. The minimum atomic E-state index is 1.22. The maximum Gasteiger partial charge on any atom is -0.0123 e. The van der Waals surface area contributed by atoms with E-state index in [1.165, 1.54) is 27.8 Å². The minimum Gasteiger partial charge on any atom is -0.0988 e. The quantitative estimate of drug-likeness (QED) is 0.629. The predicted octanol–water partition coefficient (Wildman–Crippen LogP) is 4.84. The molecule has 0 N–H and O–H groups in total. The largest absolute Gasteiger partial charge is 0.0988 e. The first-order valence-electron chi connectivity index (χ1n) is 5.64. The standard InChI is InChI=1S/C16H20/c1-6-9-15(12(3)7-2)16-13(4)10-8-11-14(16)5/h6-11H,2H2,1,3-5H3/b9-6-,15-12+. The third kappa shape index (κ3) is 2.52. The van der Waals surface area contributed by atoms with Gasteiger partial charge in [-0.15, -0.1) is 0 Å². The molecule has 0 aliphatic rings. The first kappa shape index (κ1) is 12.5. The summed E-state index contributed by atoms with van der Waals surface area (Å²) in [5.41, 5.74) is 6.45. The van der Waals surface area contributed by atoms with Gasteiger partial charge >= 0.3 is 0 Å². The van der Waals surface area contributed by atoms with Crippen molar-refractivity contribution in [1.82, 2.24) is 0 Å². The molecule has 0 aliphatic heterocycles. The van der Waals surface area contributed by atoms with Crippen LogP contribution in [-0.4, -0.2) is 0 Å². The molecule has 0 spiro atoms. The number of benzene rings is 1. The van der Waals surface area contributed by atoms with E-state index >= 15 is 0 Å². The van der Waals surface area contributed by atoms with Gasteiger partial charge in [-0.1, -0.05) is 43.0 Å². The second-order valence-electron chi connectivity index (χ2n) is 4.07. The molecule has 0 heterocycles. The molecule has 1 rings (SSSR count). The Morgan fingerprint density at radius 1 is 1.19 bits per heavy atom. The molecule has 16 heavy (non-hydrogen) atoms. The van der Waals surface area contributed by atoms with Gasteiger partial charge in [0.15, 0.2) is 0 Å². The molecular weight excluding hydrogens is 192 g/mol. The Kier molecular flexibility index (Phi) is 4.30. The topological polar surface area (TPSA) is 0 Å². The van der Waals surface area contributed by atoms with Crippen molar-refractivity contribution in [3.05, 3.63) is 65.3 Å². The zero-order valence-corrected chi connectivity index (χ0v) is 10.7. The zero-order chi connectivity index (χ0) is 12.1. The highest BCUT2D eigenvalue weighted by molar-refractivity contribution is 5.81. The molecule has 0 aliphatic carbocycles. The van der Waals surface area contributed by atoms with Crippen molar-refractivity contribution >= 4 is 5.57 Å². The van der Waals surface area contributed by atoms with Crippen molar-refractivity contribution in [2.24, 2.45) is 0 Å². The first-order valence-corrected chi connectivity index (χ1v) is 5.64. The maximum atomic E-state index is 3.86. The third-order valence-electron chi connectivity index (χ3n) is 2.81. The van der Waals surface area contributed by atoms with E-state index in [4.69, 9.17) is 0 Å². The Balaban J connectivity index is 3.50. The lowest BCUT2D eigenvalue weighted by Crippen LogP contribution is -1.93. The average molecular weight is 212 g/mol. The number of allylic oxidation sites excluding steroid dienone is 5. The van der Waals surface area contributed by atoms with Crippen molar-refractivity contribution in [2.45, 2.75) is 27.7 Å². The van der Waals surface area contributed by atoms with Gasteiger partial charge < -0.3 is 0 Å². The number of hydrogen-bond donors (Lipinski definition) is 0. The van der Waals surface area contributed by atoms with Crippen molar-refractivity contribution in [3.63, 3.8) is 0 Å². The van der Waals surface area contributed by atoms with Crippen LogP contribution in [0.1, 0.15) is 30.5 Å². The monoisotopic (exact) mass is 212 g/mol. The lowest BCUT2D eigenvalue weighted by atomic mass is 9.92. The highest BCUT2D eigenvalue weighted by Gasteiger charge is 2.07. The van der Waals surface area contributed by atoms with Gasteiger partial charge in [-0.3, -0.25) is 0 Å². The van der Waals surface area contributed by atoms with E-state index in [1.807, 2.05) is 13.0 Å². The van der Waals surface area contributed by atoms with Crippen LogP contribution >= 0.6 is 0 Å². The lowest BCUT2D eigenvalue weighted by molar-refractivity contribution is 1.33. The smallest absolute Gasteiger partial charge is 0.0123 e.